The molecular formula is C11H24N2O2S2. The molecule has 1 fully saturated rings. The molecule has 1 aliphatic carbocycles. The van der Waals surface area contributed by atoms with Crippen LogP contribution in [0.3, 0.4) is 0 Å². The van der Waals surface area contributed by atoms with Crippen LogP contribution >= 0.6 is 11.8 Å². The standard InChI is InChI=1S/C11H24N2O2S2/c1-4-16-11-6-5-10(7-11)13-17(14,15)9(2)8-12-3/h9-13H,4-8H2,1-3H3. The Hall–Kier alpha value is 0.220. The zero-order valence-corrected chi connectivity index (χ0v) is 12.5. The van der Waals surface area contributed by atoms with E-state index in [1.54, 1.807) is 14.0 Å². The number of nitrogens with one attached hydrogen (secondary N) is 2. The summed E-state index contributed by atoms with van der Waals surface area (Å²) in [6.07, 6.45) is 3.08. The first-order valence-electron chi connectivity index (χ1n) is 6.27. The van der Waals surface area contributed by atoms with Crippen molar-refractivity contribution < 1.29 is 8.42 Å². The Labute approximate surface area is 109 Å². The third-order valence-corrected chi connectivity index (χ3v) is 6.26. The van der Waals surface area contributed by atoms with Crippen molar-refractivity contribution in [3.63, 3.8) is 0 Å². The lowest BCUT2D eigenvalue weighted by atomic mass is 10.3. The van der Waals surface area contributed by atoms with Crippen molar-refractivity contribution >= 4 is 21.8 Å². The smallest absolute Gasteiger partial charge is 0.215 e. The fourth-order valence-corrected chi connectivity index (χ4v) is 4.62. The summed E-state index contributed by atoms with van der Waals surface area (Å²) in [5.41, 5.74) is 0. The Balaban J connectivity index is 2.44. The molecule has 0 radical (unpaired) electrons. The zero-order chi connectivity index (χ0) is 12.9. The van der Waals surface area contributed by atoms with Crippen LogP contribution in [0.5, 0.6) is 0 Å². The summed E-state index contributed by atoms with van der Waals surface area (Å²) in [7, 11) is -1.39. The Kier molecular flexibility index (Phi) is 6.26. The van der Waals surface area contributed by atoms with Crippen LogP contribution in [-0.4, -0.2) is 44.3 Å². The van der Waals surface area contributed by atoms with Crippen molar-refractivity contribution in [2.45, 2.75) is 49.7 Å². The molecule has 0 aliphatic heterocycles. The van der Waals surface area contributed by atoms with Crippen molar-refractivity contribution in [3.8, 4) is 0 Å². The van der Waals surface area contributed by atoms with Gasteiger partial charge in [-0.2, -0.15) is 11.8 Å². The highest BCUT2D eigenvalue weighted by Crippen LogP contribution is 2.30. The van der Waals surface area contributed by atoms with Crippen molar-refractivity contribution in [3.05, 3.63) is 0 Å². The molecule has 1 saturated carbocycles. The number of rotatable bonds is 7. The van der Waals surface area contributed by atoms with E-state index in [9.17, 15) is 8.42 Å². The van der Waals surface area contributed by atoms with Gasteiger partial charge in [0.1, 0.15) is 0 Å². The average molecular weight is 280 g/mol. The van der Waals surface area contributed by atoms with E-state index in [0.29, 0.717) is 11.8 Å². The molecule has 0 aromatic rings. The van der Waals surface area contributed by atoms with E-state index in [1.165, 1.54) is 0 Å². The normalized spacial score (nSPS) is 27.2. The number of hydrogen-bond donors (Lipinski definition) is 2. The monoisotopic (exact) mass is 280 g/mol. The van der Waals surface area contributed by atoms with Gasteiger partial charge in [-0.1, -0.05) is 6.92 Å². The van der Waals surface area contributed by atoms with E-state index < -0.39 is 10.0 Å². The Bertz CT molecular complexity index is 319. The van der Waals surface area contributed by atoms with Crippen molar-refractivity contribution in [2.24, 2.45) is 0 Å². The highest BCUT2D eigenvalue weighted by molar-refractivity contribution is 7.99. The number of sulfonamides is 1. The quantitative estimate of drug-likeness (QED) is 0.735. The molecule has 17 heavy (non-hydrogen) atoms. The average Bonchev–Trinajstić information content (AvgIpc) is 2.66. The van der Waals surface area contributed by atoms with Gasteiger partial charge in [0, 0.05) is 17.8 Å². The fourth-order valence-electron chi connectivity index (χ4n) is 2.18. The van der Waals surface area contributed by atoms with Gasteiger partial charge in [-0.3, -0.25) is 0 Å². The van der Waals surface area contributed by atoms with Crippen molar-refractivity contribution in [2.75, 3.05) is 19.3 Å². The fraction of sp³-hybridized carbons (Fsp3) is 1.00. The first kappa shape index (κ1) is 15.3. The predicted octanol–water partition coefficient (Wildman–Crippen LogP) is 1.19. The summed E-state index contributed by atoms with van der Waals surface area (Å²) < 4.78 is 26.8. The number of thioether (sulfide) groups is 1. The lowest BCUT2D eigenvalue weighted by Gasteiger charge is -2.18. The van der Waals surface area contributed by atoms with Crippen molar-refractivity contribution in [1.82, 2.24) is 10.0 Å². The third-order valence-electron chi connectivity index (χ3n) is 3.14. The summed E-state index contributed by atoms with van der Waals surface area (Å²) >= 11 is 1.94. The van der Waals surface area contributed by atoms with Gasteiger partial charge in [0.15, 0.2) is 0 Å². The molecule has 4 nitrogen and oxygen atoms in total. The molecule has 0 aromatic heterocycles. The second-order valence-electron chi connectivity index (χ2n) is 4.62. The van der Waals surface area contributed by atoms with E-state index in [0.717, 1.165) is 25.0 Å². The minimum atomic E-state index is -3.17. The van der Waals surface area contributed by atoms with Crippen LogP contribution in [0.15, 0.2) is 0 Å². The second kappa shape index (κ2) is 6.97. The molecule has 0 heterocycles. The zero-order valence-electron chi connectivity index (χ0n) is 10.9. The first-order chi connectivity index (χ1) is 7.99. The van der Waals surface area contributed by atoms with Crippen LogP contribution in [0.4, 0.5) is 0 Å². The van der Waals surface area contributed by atoms with E-state index in [1.807, 2.05) is 11.8 Å². The van der Waals surface area contributed by atoms with Gasteiger partial charge >= 0.3 is 0 Å². The van der Waals surface area contributed by atoms with Crippen molar-refractivity contribution in [1.29, 1.82) is 0 Å². The molecule has 1 aliphatic rings. The van der Waals surface area contributed by atoms with Gasteiger partial charge in [-0.05, 0) is 39.0 Å². The third kappa shape index (κ3) is 4.77. The van der Waals surface area contributed by atoms with Gasteiger partial charge in [-0.25, -0.2) is 13.1 Å². The maximum Gasteiger partial charge on any atom is 0.215 e. The lowest BCUT2D eigenvalue weighted by Crippen LogP contribution is -2.42. The van der Waals surface area contributed by atoms with Crippen LogP contribution in [0.2, 0.25) is 0 Å². The van der Waals surface area contributed by atoms with Gasteiger partial charge in [0.25, 0.3) is 0 Å². The molecular weight excluding hydrogens is 256 g/mol. The highest BCUT2D eigenvalue weighted by Gasteiger charge is 2.30. The Morgan fingerprint density at radius 1 is 1.41 bits per heavy atom. The Morgan fingerprint density at radius 2 is 2.12 bits per heavy atom. The molecule has 0 spiro atoms. The summed E-state index contributed by atoms with van der Waals surface area (Å²) in [5.74, 6) is 1.11. The predicted molar refractivity (Wildman–Crippen MR) is 75.0 cm³/mol. The maximum absolute atomic E-state index is 12.0. The summed E-state index contributed by atoms with van der Waals surface area (Å²) in [4.78, 5) is 0. The molecule has 0 bridgehead atoms. The van der Waals surface area contributed by atoms with Crippen LogP contribution in [0.1, 0.15) is 33.1 Å². The van der Waals surface area contributed by atoms with Crippen LogP contribution in [0.25, 0.3) is 0 Å². The first-order valence-corrected chi connectivity index (χ1v) is 8.86. The molecule has 0 amide bonds. The van der Waals surface area contributed by atoms with E-state index >= 15 is 0 Å². The molecule has 6 heteroatoms. The van der Waals surface area contributed by atoms with E-state index in [2.05, 4.69) is 17.0 Å². The molecule has 3 unspecified atom stereocenters. The summed E-state index contributed by atoms with van der Waals surface area (Å²) in [5, 5.41) is 3.17. The topological polar surface area (TPSA) is 58.2 Å². The van der Waals surface area contributed by atoms with Gasteiger partial charge in [-0.15, -0.1) is 0 Å². The van der Waals surface area contributed by atoms with Crippen LogP contribution < -0.4 is 10.0 Å². The van der Waals surface area contributed by atoms with E-state index in [4.69, 9.17) is 0 Å². The molecule has 1 rings (SSSR count). The molecule has 0 aromatic carbocycles. The van der Waals surface area contributed by atoms with E-state index in [-0.39, 0.29) is 11.3 Å². The highest BCUT2D eigenvalue weighted by atomic mass is 32.2. The summed E-state index contributed by atoms with van der Waals surface area (Å²) in [6, 6.07) is 0.142. The minimum absolute atomic E-state index is 0.142. The minimum Gasteiger partial charge on any atom is -0.318 e. The molecule has 102 valence electrons. The summed E-state index contributed by atoms with van der Waals surface area (Å²) in [6.45, 7) is 4.39. The number of hydrogen-bond acceptors (Lipinski definition) is 4. The molecule has 0 saturated heterocycles. The second-order valence-corrected chi connectivity index (χ2v) is 8.33. The van der Waals surface area contributed by atoms with Gasteiger partial charge < -0.3 is 5.32 Å². The lowest BCUT2D eigenvalue weighted by molar-refractivity contribution is 0.537. The maximum atomic E-state index is 12.0. The van der Waals surface area contributed by atoms with Gasteiger partial charge in [0.05, 0.1) is 5.25 Å². The van der Waals surface area contributed by atoms with Crippen LogP contribution in [-0.2, 0) is 10.0 Å². The largest absolute Gasteiger partial charge is 0.318 e. The molecule has 3 atom stereocenters. The Morgan fingerprint density at radius 3 is 2.71 bits per heavy atom. The van der Waals surface area contributed by atoms with Gasteiger partial charge in [0.2, 0.25) is 10.0 Å². The van der Waals surface area contributed by atoms with Crippen LogP contribution in [0, 0.1) is 0 Å². The molecule has 2 N–H and O–H groups in total. The SMILES string of the molecule is CCSC1CCC(NS(=O)(=O)C(C)CNC)C1.